The summed E-state index contributed by atoms with van der Waals surface area (Å²) in [5.41, 5.74) is 1.92. The summed E-state index contributed by atoms with van der Waals surface area (Å²) in [4.78, 5) is 20.1. The van der Waals surface area contributed by atoms with Crippen molar-refractivity contribution in [3.8, 4) is 0 Å². The van der Waals surface area contributed by atoms with E-state index in [0.717, 1.165) is 56.5 Å². The van der Waals surface area contributed by atoms with Crippen LogP contribution < -0.4 is 10.2 Å². The maximum Gasteiger partial charge on any atom is 0.298 e. The Balaban J connectivity index is 1.17. The lowest BCUT2D eigenvalue weighted by Gasteiger charge is -2.44. The molecule has 2 bridgehead atoms. The van der Waals surface area contributed by atoms with Crippen molar-refractivity contribution >= 4 is 23.0 Å². The molecule has 2 aromatic rings. The van der Waals surface area contributed by atoms with E-state index in [1.54, 1.807) is 0 Å². The standard InChI is InChI=1S/C25H33N3O4/c1-16-17-4-2-5-18(16)15-19(14-17)26-23(29)20-6-3-7-21-22(20)27-24(32-21)28-10-8-25(9-11-28)30-12-13-31-25/h3,6-7,16-19H,2,4-5,8-15H2,1H3,(H,26,29). The molecule has 2 atom stereocenters. The quantitative estimate of drug-likeness (QED) is 0.775. The number of carbonyl (C=O) groups is 1. The second-order valence-corrected chi connectivity index (χ2v) is 10.2. The Bertz CT molecular complexity index is 974. The topological polar surface area (TPSA) is 76.8 Å². The summed E-state index contributed by atoms with van der Waals surface area (Å²) in [5, 5.41) is 3.33. The fourth-order valence-corrected chi connectivity index (χ4v) is 6.51. The van der Waals surface area contributed by atoms with Crippen LogP contribution in [0.15, 0.2) is 22.6 Å². The molecule has 0 radical (unpaired) electrons. The molecule has 1 aromatic carbocycles. The molecule has 2 saturated heterocycles. The molecule has 4 fully saturated rings. The number of carbonyl (C=O) groups excluding carboxylic acids is 1. The summed E-state index contributed by atoms with van der Waals surface area (Å²) < 4.78 is 17.7. The molecule has 1 amide bonds. The van der Waals surface area contributed by atoms with Crippen molar-refractivity contribution in [1.82, 2.24) is 10.3 Å². The van der Waals surface area contributed by atoms with Gasteiger partial charge >= 0.3 is 0 Å². The van der Waals surface area contributed by atoms with E-state index in [0.29, 0.717) is 35.9 Å². The Morgan fingerprint density at radius 1 is 1.12 bits per heavy atom. The minimum Gasteiger partial charge on any atom is -0.423 e. The number of nitrogens with one attached hydrogen (secondary N) is 1. The van der Waals surface area contributed by atoms with Gasteiger partial charge in [0.25, 0.3) is 11.9 Å². The Hall–Kier alpha value is -2.12. The van der Waals surface area contributed by atoms with Crippen LogP contribution in [0.5, 0.6) is 0 Å². The predicted octanol–water partition coefficient (Wildman–Crippen LogP) is 4.12. The molecule has 2 unspecified atom stereocenters. The highest BCUT2D eigenvalue weighted by molar-refractivity contribution is 6.04. The van der Waals surface area contributed by atoms with E-state index in [2.05, 4.69) is 17.1 Å². The lowest BCUT2D eigenvalue weighted by atomic mass is 9.64. The van der Waals surface area contributed by atoms with Crippen LogP contribution >= 0.6 is 0 Å². The highest BCUT2D eigenvalue weighted by Crippen LogP contribution is 2.44. The Morgan fingerprint density at radius 3 is 2.56 bits per heavy atom. The molecule has 32 heavy (non-hydrogen) atoms. The summed E-state index contributed by atoms with van der Waals surface area (Å²) in [6.07, 6.45) is 7.74. The van der Waals surface area contributed by atoms with E-state index in [9.17, 15) is 4.79 Å². The van der Waals surface area contributed by atoms with Crippen LogP contribution in [0, 0.1) is 17.8 Å². The van der Waals surface area contributed by atoms with Gasteiger partial charge in [0.2, 0.25) is 0 Å². The second-order valence-electron chi connectivity index (χ2n) is 10.2. The van der Waals surface area contributed by atoms with Crippen molar-refractivity contribution in [3.05, 3.63) is 23.8 Å². The SMILES string of the molecule is CC1C2CCCC1CC(NC(=O)c1cccc3oc(N4CCC5(CC4)OCCO5)nc13)C2. The first-order chi connectivity index (χ1) is 15.6. The van der Waals surface area contributed by atoms with Crippen LogP contribution in [0.3, 0.4) is 0 Å². The van der Waals surface area contributed by atoms with Crippen LogP contribution in [0.2, 0.25) is 0 Å². The number of amides is 1. The summed E-state index contributed by atoms with van der Waals surface area (Å²) in [6.45, 7) is 5.26. The summed E-state index contributed by atoms with van der Waals surface area (Å²) in [7, 11) is 0. The van der Waals surface area contributed by atoms with Crippen molar-refractivity contribution in [1.29, 1.82) is 0 Å². The number of ether oxygens (including phenoxy) is 2. The van der Waals surface area contributed by atoms with E-state index in [1.807, 2.05) is 18.2 Å². The van der Waals surface area contributed by atoms with Crippen molar-refractivity contribution in [2.45, 2.75) is 63.7 Å². The van der Waals surface area contributed by atoms with E-state index >= 15 is 0 Å². The zero-order chi connectivity index (χ0) is 21.7. The average molecular weight is 440 g/mol. The molecular formula is C25H33N3O4. The number of hydrogen-bond donors (Lipinski definition) is 1. The van der Waals surface area contributed by atoms with Gasteiger partial charge in [0.15, 0.2) is 11.4 Å². The number of para-hydroxylation sites is 1. The van der Waals surface area contributed by atoms with Gasteiger partial charge in [0, 0.05) is 32.0 Å². The lowest BCUT2D eigenvalue weighted by molar-refractivity contribution is -0.169. The van der Waals surface area contributed by atoms with Crippen molar-refractivity contribution < 1.29 is 18.7 Å². The fraction of sp³-hybridized carbons (Fsp3) is 0.680. The molecule has 1 N–H and O–H groups in total. The first kappa shape index (κ1) is 20.5. The number of benzene rings is 1. The second kappa shape index (κ2) is 8.03. The monoisotopic (exact) mass is 439 g/mol. The average Bonchev–Trinajstić information content (AvgIpc) is 3.42. The zero-order valence-electron chi connectivity index (χ0n) is 18.8. The van der Waals surface area contributed by atoms with Crippen LogP contribution in [0.1, 0.15) is 62.2 Å². The highest BCUT2D eigenvalue weighted by atomic mass is 16.7. The van der Waals surface area contributed by atoms with E-state index in [4.69, 9.17) is 18.9 Å². The number of oxazole rings is 1. The Kier molecular flexibility index (Phi) is 5.14. The molecule has 1 aromatic heterocycles. The number of aromatic nitrogens is 1. The molecule has 2 saturated carbocycles. The minimum absolute atomic E-state index is 0.0292. The van der Waals surface area contributed by atoms with Crippen molar-refractivity contribution in [2.24, 2.45) is 17.8 Å². The molecule has 3 heterocycles. The third-order valence-corrected chi connectivity index (χ3v) is 8.41. The van der Waals surface area contributed by atoms with Crippen LogP contribution in [-0.4, -0.2) is 49.0 Å². The van der Waals surface area contributed by atoms with Crippen molar-refractivity contribution in [3.63, 3.8) is 0 Å². The van der Waals surface area contributed by atoms with Gasteiger partial charge in [-0.15, -0.1) is 0 Å². The van der Waals surface area contributed by atoms with Crippen molar-refractivity contribution in [2.75, 3.05) is 31.2 Å². The van der Waals surface area contributed by atoms with Gasteiger partial charge in [0.05, 0.1) is 18.8 Å². The summed E-state index contributed by atoms with van der Waals surface area (Å²) >= 11 is 0. The fourth-order valence-electron chi connectivity index (χ4n) is 6.51. The minimum atomic E-state index is -0.427. The lowest BCUT2D eigenvalue weighted by Crippen LogP contribution is -2.45. The first-order valence-corrected chi connectivity index (χ1v) is 12.3. The first-order valence-electron chi connectivity index (χ1n) is 12.3. The normalized spacial score (nSPS) is 31.8. The molecule has 4 aliphatic rings. The number of fused-ring (bicyclic) bond motifs is 3. The molecule has 172 valence electrons. The predicted molar refractivity (Wildman–Crippen MR) is 121 cm³/mol. The number of nitrogens with zero attached hydrogens (tertiary/aromatic N) is 2. The largest absolute Gasteiger partial charge is 0.423 e. The van der Waals surface area contributed by atoms with Crippen LogP contribution in [0.25, 0.3) is 11.1 Å². The summed E-state index contributed by atoms with van der Waals surface area (Å²) in [5.74, 6) is 1.83. The van der Waals surface area contributed by atoms with Gasteiger partial charge in [-0.05, 0) is 42.7 Å². The van der Waals surface area contributed by atoms with Crippen LogP contribution in [-0.2, 0) is 9.47 Å². The summed E-state index contributed by atoms with van der Waals surface area (Å²) in [6, 6.07) is 6.48. The zero-order valence-corrected chi connectivity index (χ0v) is 18.8. The third-order valence-electron chi connectivity index (χ3n) is 8.41. The van der Waals surface area contributed by atoms with E-state index in [1.165, 1.54) is 19.3 Å². The Labute approximate surface area is 188 Å². The molecule has 2 aliphatic carbocycles. The number of hydrogen-bond acceptors (Lipinski definition) is 6. The number of anilines is 1. The molecular weight excluding hydrogens is 406 g/mol. The molecule has 6 rings (SSSR count). The maximum absolute atomic E-state index is 13.2. The van der Waals surface area contributed by atoms with Gasteiger partial charge in [0.1, 0.15) is 5.52 Å². The molecule has 7 nitrogen and oxygen atoms in total. The smallest absolute Gasteiger partial charge is 0.298 e. The Morgan fingerprint density at radius 2 is 1.84 bits per heavy atom. The maximum atomic E-state index is 13.2. The van der Waals surface area contributed by atoms with Gasteiger partial charge in [-0.3, -0.25) is 4.79 Å². The van der Waals surface area contributed by atoms with E-state index in [-0.39, 0.29) is 11.9 Å². The van der Waals surface area contributed by atoms with Gasteiger partial charge in [-0.2, -0.15) is 4.98 Å². The van der Waals surface area contributed by atoms with Gasteiger partial charge in [-0.25, -0.2) is 0 Å². The van der Waals surface area contributed by atoms with Crippen LogP contribution in [0.4, 0.5) is 6.01 Å². The van der Waals surface area contributed by atoms with Gasteiger partial charge in [-0.1, -0.05) is 32.3 Å². The van der Waals surface area contributed by atoms with E-state index < -0.39 is 5.79 Å². The number of piperidine rings is 1. The molecule has 2 aliphatic heterocycles. The number of rotatable bonds is 3. The molecule has 7 heteroatoms. The third kappa shape index (κ3) is 3.59. The highest BCUT2D eigenvalue weighted by Gasteiger charge is 2.41. The molecule has 1 spiro atoms. The van der Waals surface area contributed by atoms with Gasteiger partial charge < -0.3 is 24.1 Å².